The summed E-state index contributed by atoms with van der Waals surface area (Å²) >= 11 is 1.55. The molecule has 29 heavy (non-hydrogen) atoms. The fourth-order valence-electron chi connectivity index (χ4n) is 3.13. The van der Waals surface area contributed by atoms with Crippen LogP contribution in [0.3, 0.4) is 0 Å². The third-order valence-electron chi connectivity index (χ3n) is 5.02. The zero-order valence-corrected chi connectivity index (χ0v) is 17.3. The summed E-state index contributed by atoms with van der Waals surface area (Å²) in [4.78, 5) is 29.7. The van der Waals surface area contributed by atoms with Crippen LogP contribution in [0.5, 0.6) is 0 Å². The molecule has 0 aliphatic rings. The van der Waals surface area contributed by atoms with Gasteiger partial charge in [0.05, 0.1) is 15.9 Å². The molecule has 2 heterocycles. The second-order valence-corrected chi connectivity index (χ2v) is 8.01. The molecule has 2 N–H and O–H groups in total. The van der Waals surface area contributed by atoms with Crippen LogP contribution in [-0.4, -0.2) is 34.3 Å². The fraction of sp³-hybridized carbons (Fsp3) is 0.227. The number of hydrogen-bond donors (Lipinski definition) is 2. The first-order valence-corrected chi connectivity index (χ1v) is 10.4. The van der Waals surface area contributed by atoms with Gasteiger partial charge in [-0.2, -0.15) is 0 Å². The van der Waals surface area contributed by atoms with E-state index in [1.54, 1.807) is 30.5 Å². The van der Waals surface area contributed by atoms with Crippen molar-refractivity contribution in [2.45, 2.75) is 26.3 Å². The monoisotopic (exact) mass is 406 g/mol. The number of carbonyl (C=O) groups excluding carboxylic acids is 2. The summed E-state index contributed by atoms with van der Waals surface area (Å²) in [6.45, 7) is 4.05. The van der Waals surface area contributed by atoms with E-state index >= 15 is 0 Å². The molecule has 2 aromatic heterocycles. The van der Waals surface area contributed by atoms with Crippen LogP contribution in [0.4, 0.5) is 0 Å². The highest BCUT2D eigenvalue weighted by Gasteiger charge is 2.14. The van der Waals surface area contributed by atoms with E-state index < -0.39 is 0 Å². The van der Waals surface area contributed by atoms with Gasteiger partial charge in [-0.1, -0.05) is 30.4 Å². The first kappa shape index (κ1) is 19.1. The number of thiazole rings is 1. The largest absolute Gasteiger partial charge is 0.355 e. The summed E-state index contributed by atoms with van der Waals surface area (Å²) in [5.74, 6) is -0.161. The van der Waals surface area contributed by atoms with Crippen molar-refractivity contribution in [3.63, 3.8) is 0 Å². The van der Waals surface area contributed by atoms with Gasteiger partial charge in [-0.25, -0.2) is 4.98 Å². The van der Waals surface area contributed by atoms with E-state index in [9.17, 15) is 9.59 Å². The normalized spacial score (nSPS) is 12.2. The number of rotatable bonds is 5. The van der Waals surface area contributed by atoms with Crippen molar-refractivity contribution in [1.29, 1.82) is 0 Å². The van der Waals surface area contributed by atoms with Gasteiger partial charge in [-0.05, 0) is 43.7 Å². The Morgan fingerprint density at radius 1 is 1.10 bits per heavy atom. The van der Waals surface area contributed by atoms with Crippen LogP contribution in [0.25, 0.3) is 26.4 Å². The molecule has 6 nitrogen and oxygen atoms in total. The lowest BCUT2D eigenvalue weighted by molar-refractivity contribution is 0.0937. The molecule has 148 valence electrons. The minimum Gasteiger partial charge on any atom is -0.355 e. The Bertz CT molecular complexity index is 1210. The van der Waals surface area contributed by atoms with Gasteiger partial charge in [-0.15, -0.1) is 0 Å². The van der Waals surface area contributed by atoms with E-state index in [4.69, 9.17) is 4.98 Å². The van der Waals surface area contributed by atoms with Crippen molar-refractivity contribution in [2.24, 2.45) is 0 Å². The number of nitrogens with one attached hydrogen (secondary N) is 2. The summed E-state index contributed by atoms with van der Waals surface area (Å²) in [5, 5.41) is 5.62. The number of imidazole rings is 1. The van der Waals surface area contributed by atoms with Gasteiger partial charge in [-0.3, -0.25) is 14.0 Å². The molecule has 0 radical (unpaired) electrons. The zero-order chi connectivity index (χ0) is 20.5. The van der Waals surface area contributed by atoms with Gasteiger partial charge < -0.3 is 10.6 Å². The van der Waals surface area contributed by atoms with Crippen LogP contribution in [0, 0.1) is 0 Å². The van der Waals surface area contributed by atoms with Crippen LogP contribution >= 0.6 is 11.3 Å². The second kappa shape index (κ2) is 7.67. The maximum atomic E-state index is 12.4. The van der Waals surface area contributed by atoms with Crippen molar-refractivity contribution in [3.05, 3.63) is 59.8 Å². The van der Waals surface area contributed by atoms with Gasteiger partial charge in [0, 0.05) is 36.0 Å². The molecule has 1 atom stereocenters. The Labute approximate surface area is 172 Å². The van der Waals surface area contributed by atoms with Gasteiger partial charge in [0.2, 0.25) is 0 Å². The summed E-state index contributed by atoms with van der Waals surface area (Å²) < 4.78 is 3.06. The lowest BCUT2D eigenvalue weighted by Gasteiger charge is -2.11. The van der Waals surface area contributed by atoms with Crippen molar-refractivity contribution in [2.75, 3.05) is 7.05 Å². The first-order valence-electron chi connectivity index (χ1n) is 9.55. The quantitative estimate of drug-likeness (QED) is 0.524. The highest BCUT2D eigenvalue weighted by molar-refractivity contribution is 7.23. The second-order valence-electron chi connectivity index (χ2n) is 7.00. The van der Waals surface area contributed by atoms with Gasteiger partial charge in [0.25, 0.3) is 11.8 Å². The molecule has 2 amide bonds. The fourth-order valence-corrected chi connectivity index (χ4v) is 4.17. The number of fused-ring (bicyclic) bond motifs is 3. The molecule has 1 unspecified atom stereocenters. The van der Waals surface area contributed by atoms with Gasteiger partial charge in [0.1, 0.15) is 0 Å². The van der Waals surface area contributed by atoms with Crippen LogP contribution < -0.4 is 10.6 Å². The Morgan fingerprint density at radius 2 is 1.83 bits per heavy atom. The molecule has 0 fully saturated rings. The Hall–Kier alpha value is -3.19. The van der Waals surface area contributed by atoms with Crippen LogP contribution in [0.1, 0.15) is 41.0 Å². The number of hydrogen-bond acceptors (Lipinski definition) is 4. The number of carbonyl (C=O) groups is 2. The van der Waals surface area contributed by atoms with Crippen LogP contribution in [0.2, 0.25) is 0 Å². The molecule has 2 aromatic carbocycles. The van der Waals surface area contributed by atoms with Crippen molar-refractivity contribution in [1.82, 2.24) is 20.0 Å². The zero-order valence-electron chi connectivity index (χ0n) is 16.5. The van der Waals surface area contributed by atoms with E-state index in [0.717, 1.165) is 32.9 Å². The molecule has 0 aliphatic carbocycles. The van der Waals surface area contributed by atoms with E-state index in [2.05, 4.69) is 10.6 Å². The SMILES string of the molecule is CCC(C)NC(=O)c1ccc2c(c1)sc1nc(-c3ccc(C(=O)NC)cc3)cn12. The number of aromatic nitrogens is 2. The van der Waals surface area contributed by atoms with Crippen LogP contribution in [-0.2, 0) is 0 Å². The van der Waals surface area contributed by atoms with Gasteiger partial charge in [0.15, 0.2) is 4.96 Å². The van der Waals surface area contributed by atoms with Gasteiger partial charge >= 0.3 is 0 Å². The van der Waals surface area contributed by atoms with E-state index in [0.29, 0.717) is 11.1 Å². The number of benzene rings is 2. The highest BCUT2D eigenvalue weighted by Crippen LogP contribution is 2.30. The summed E-state index contributed by atoms with van der Waals surface area (Å²) in [6, 6.07) is 13.3. The van der Waals surface area contributed by atoms with Crippen molar-refractivity contribution in [3.8, 4) is 11.3 Å². The Morgan fingerprint density at radius 3 is 2.52 bits per heavy atom. The van der Waals surface area contributed by atoms with Crippen molar-refractivity contribution < 1.29 is 9.59 Å². The lowest BCUT2D eigenvalue weighted by atomic mass is 10.1. The van der Waals surface area contributed by atoms with Crippen LogP contribution in [0.15, 0.2) is 48.7 Å². The topological polar surface area (TPSA) is 75.5 Å². The number of nitrogens with zero attached hydrogens (tertiary/aromatic N) is 2. The standard InChI is InChI=1S/C22H22N4O2S/c1-4-13(2)24-21(28)16-9-10-18-19(11-16)29-22-25-17(12-26(18)22)14-5-7-15(8-6-14)20(27)23-3/h5-13H,4H2,1-3H3,(H,23,27)(H,24,28). The molecule has 0 bridgehead atoms. The molecule has 4 rings (SSSR count). The molecule has 4 aromatic rings. The summed E-state index contributed by atoms with van der Waals surface area (Å²) in [5.41, 5.74) is 4.09. The van der Waals surface area contributed by atoms with Crippen molar-refractivity contribution >= 4 is 38.3 Å². The third kappa shape index (κ3) is 3.61. The molecular weight excluding hydrogens is 384 g/mol. The lowest BCUT2D eigenvalue weighted by Crippen LogP contribution is -2.31. The molecule has 0 spiro atoms. The maximum Gasteiger partial charge on any atom is 0.251 e. The first-order chi connectivity index (χ1) is 14.0. The van der Waals surface area contributed by atoms with E-state index in [1.807, 2.05) is 54.8 Å². The predicted molar refractivity (Wildman–Crippen MR) is 117 cm³/mol. The third-order valence-corrected chi connectivity index (χ3v) is 6.03. The number of amides is 2. The summed E-state index contributed by atoms with van der Waals surface area (Å²) in [6.07, 6.45) is 2.88. The smallest absolute Gasteiger partial charge is 0.251 e. The minimum atomic E-state index is -0.110. The molecule has 0 saturated heterocycles. The molecule has 0 saturated carbocycles. The average Bonchev–Trinajstić information content (AvgIpc) is 3.30. The average molecular weight is 407 g/mol. The minimum absolute atomic E-state index is 0.0517. The Kier molecular flexibility index (Phi) is 5.07. The maximum absolute atomic E-state index is 12.4. The predicted octanol–water partition coefficient (Wildman–Crippen LogP) is 4.10. The van der Waals surface area contributed by atoms with E-state index in [-0.39, 0.29) is 17.9 Å². The molecular formula is C22H22N4O2S. The highest BCUT2D eigenvalue weighted by atomic mass is 32.1. The Balaban J connectivity index is 1.65. The van der Waals surface area contributed by atoms with E-state index in [1.165, 1.54) is 0 Å². The summed E-state index contributed by atoms with van der Waals surface area (Å²) in [7, 11) is 1.62. The molecule has 7 heteroatoms. The molecule has 0 aliphatic heterocycles.